The number of ether oxygens (including phenoxy) is 1. The van der Waals surface area contributed by atoms with Crippen molar-refractivity contribution in [2.45, 2.75) is 6.42 Å². The van der Waals surface area contributed by atoms with E-state index in [2.05, 4.69) is 5.32 Å². The molecule has 2 aromatic carbocycles. The number of hydrogen-bond donors (Lipinski definition) is 1. The van der Waals surface area contributed by atoms with Gasteiger partial charge in [-0.15, -0.1) is 0 Å². The van der Waals surface area contributed by atoms with E-state index in [1.807, 2.05) is 12.1 Å². The van der Waals surface area contributed by atoms with Gasteiger partial charge in [-0.25, -0.2) is 0 Å². The topological polar surface area (TPSA) is 38.3 Å². The monoisotopic (exact) mass is 309 g/mol. The molecule has 3 nitrogen and oxygen atoms in total. The average molecular weight is 310 g/mol. The smallest absolute Gasteiger partial charge is 0.228 e. The lowest BCUT2D eigenvalue weighted by atomic mass is 10.1. The summed E-state index contributed by atoms with van der Waals surface area (Å²) >= 11 is 11.8. The quantitative estimate of drug-likeness (QED) is 0.920. The average Bonchev–Trinajstić information content (AvgIpc) is 2.43. The van der Waals surface area contributed by atoms with Crippen molar-refractivity contribution in [1.29, 1.82) is 0 Å². The minimum Gasteiger partial charge on any atom is -0.497 e. The van der Waals surface area contributed by atoms with Crippen LogP contribution in [0, 0.1) is 0 Å². The lowest BCUT2D eigenvalue weighted by molar-refractivity contribution is -0.115. The van der Waals surface area contributed by atoms with Gasteiger partial charge >= 0.3 is 0 Å². The van der Waals surface area contributed by atoms with Gasteiger partial charge in [-0.05, 0) is 29.8 Å². The van der Waals surface area contributed by atoms with Crippen molar-refractivity contribution in [3.05, 3.63) is 58.1 Å². The lowest BCUT2D eigenvalue weighted by Gasteiger charge is -2.07. The summed E-state index contributed by atoms with van der Waals surface area (Å²) in [6.45, 7) is 0. The molecule has 5 heteroatoms. The van der Waals surface area contributed by atoms with Gasteiger partial charge in [0.25, 0.3) is 0 Å². The van der Waals surface area contributed by atoms with E-state index in [1.165, 1.54) is 0 Å². The molecule has 0 saturated heterocycles. The molecule has 0 saturated carbocycles. The number of carbonyl (C=O) groups excluding carboxylic acids is 1. The normalized spacial score (nSPS) is 10.2. The predicted molar refractivity (Wildman–Crippen MR) is 81.8 cm³/mol. The molecule has 0 fully saturated rings. The molecule has 1 amide bonds. The largest absolute Gasteiger partial charge is 0.497 e. The second-order valence-corrected chi connectivity index (χ2v) is 5.02. The molecule has 0 spiro atoms. The summed E-state index contributed by atoms with van der Waals surface area (Å²) in [5.41, 5.74) is 1.49. The maximum atomic E-state index is 11.9. The molecule has 0 bridgehead atoms. The van der Waals surface area contributed by atoms with Crippen molar-refractivity contribution in [1.82, 2.24) is 0 Å². The van der Waals surface area contributed by atoms with Gasteiger partial charge in [-0.2, -0.15) is 0 Å². The van der Waals surface area contributed by atoms with Gasteiger partial charge in [-0.1, -0.05) is 35.3 Å². The number of benzene rings is 2. The Labute approximate surface area is 127 Å². The second-order valence-electron chi connectivity index (χ2n) is 4.21. The highest BCUT2D eigenvalue weighted by molar-refractivity contribution is 6.42. The zero-order valence-electron chi connectivity index (χ0n) is 10.8. The van der Waals surface area contributed by atoms with Crippen LogP contribution in [0.3, 0.4) is 0 Å². The van der Waals surface area contributed by atoms with E-state index in [0.29, 0.717) is 21.5 Å². The molecule has 0 aliphatic rings. The fourth-order valence-electron chi connectivity index (χ4n) is 1.74. The Hall–Kier alpha value is -1.71. The van der Waals surface area contributed by atoms with Crippen LogP contribution >= 0.6 is 23.2 Å². The molecule has 2 rings (SSSR count). The molecule has 0 aliphatic carbocycles. The number of hydrogen-bond acceptors (Lipinski definition) is 2. The van der Waals surface area contributed by atoms with Crippen LogP contribution in [0.4, 0.5) is 5.69 Å². The highest BCUT2D eigenvalue weighted by Crippen LogP contribution is 2.23. The lowest BCUT2D eigenvalue weighted by Crippen LogP contribution is -2.14. The molecule has 1 N–H and O–H groups in total. The van der Waals surface area contributed by atoms with Gasteiger partial charge in [0.2, 0.25) is 5.91 Å². The van der Waals surface area contributed by atoms with Crippen LogP contribution < -0.4 is 10.1 Å². The first-order valence-electron chi connectivity index (χ1n) is 5.96. The third-order valence-corrected chi connectivity index (χ3v) is 3.44. The maximum Gasteiger partial charge on any atom is 0.228 e. The number of nitrogens with one attached hydrogen (secondary N) is 1. The van der Waals surface area contributed by atoms with Gasteiger partial charge in [0.05, 0.1) is 23.6 Å². The first-order valence-corrected chi connectivity index (χ1v) is 6.72. The van der Waals surface area contributed by atoms with E-state index in [9.17, 15) is 4.79 Å². The predicted octanol–water partition coefficient (Wildman–Crippen LogP) is 4.18. The number of amides is 1. The van der Waals surface area contributed by atoms with Gasteiger partial charge < -0.3 is 10.1 Å². The Morgan fingerprint density at radius 2 is 1.95 bits per heavy atom. The van der Waals surface area contributed by atoms with Gasteiger partial charge in [-0.3, -0.25) is 4.79 Å². The highest BCUT2D eigenvalue weighted by atomic mass is 35.5. The number of carbonyl (C=O) groups is 1. The van der Waals surface area contributed by atoms with Crippen molar-refractivity contribution in [3.8, 4) is 5.75 Å². The fourth-order valence-corrected chi connectivity index (χ4v) is 2.06. The summed E-state index contributed by atoms with van der Waals surface area (Å²) in [6.07, 6.45) is 0.230. The van der Waals surface area contributed by atoms with Crippen LogP contribution in [-0.4, -0.2) is 13.0 Å². The summed E-state index contributed by atoms with van der Waals surface area (Å²) in [6, 6.07) is 12.3. The molecule has 104 valence electrons. The first-order chi connectivity index (χ1) is 9.58. The SMILES string of the molecule is COc1cccc(NC(=O)Cc2ccc(Cl)c(Cl)c2)c1. The standard InChI is InChI=1S/C15H13Cl2NO2/c1-20-12-4-2-3-11(9-12)18-15(19)8-10-5-6-13(16)14(17)7-10/h2-7,9H,8H2,1H3,(H,18,19). The van der Waals surface area contributed by atoms with Gasteiger partial charge in [0.15, 0.2) is 0 Å². The van der Waals surface area contributed by atoms with E-state index in [-0.39, 0.29) is 12.3 Å². The Morgan fingerprint density at radius 1 is 1.15 bits per heavy atom. The molecule has 0 aromatic heterocycles. The summed E-state index contributed by atoms with van der Waals surface area (Å²) in [5.74, 6) is 0.564. The molecule has 0 unspecified atom stereocenters. The summed E-state index contributed by atoms with van der Waals surface area (Å²) in [5, 5.41) is 3.72. The molecule has 0 heterocycles. The number of halogens is 2. The van der Waals surface area contributed by atoms with E-state index in [0.717, 1.165) is 5.56 Å². The van der Waals surface area contributed by atoms with Crippen molar-refractivity contribution in [2.24, 2.45) is 0 Å². The Kier molecular flexibility index (Phi) is 4.88. The Morgan fingerprint density at radius 3 is 2.65 bits per heavy atom. The van der Waals surface area contributed by atoms with Crippen LogP contribution in [0.5, 0.6) is 5.75 Å². The molecular weight excluding hydrogens is 297 g/mol. The molecule has 2 aromatic rings. The minimum absolute atomic E-state index is 0.128. The van der Waals surface area contributed by atoms with Crippen LogP contribution in [0.25, 0.3) is 0 Å². The van der Waals surface area contributed by atoms with Crippen LogP contribution in [-0.2, 0) is 11.2 Å². The first kappa shape index (κ1) is 14.7. The van der Waals surface area contributed by atoms with Gasteiger partial charge in [0.1, 0.15) is 5.75 Å². The Balaban J connectivity index is 2.03. The van der Waals surface area contributed by atoms with E-state index < -0.39 is 0 Å². The summed E-state index contributed by atoms with van der Waals surface area (Å²) < 4.78 is 5.10. The van der Waals surface area contributed by atoms with Crippen LogP contribution in [0.15, 0.2) is 42.5 Å². The third kappa shape index (κ3) is 3.89. The number of methoxy groups -OCH3 is 1. The summed E-state index contributed by atoms with van der Waals surface area (Å²) in [4.78, 5) is 11.9. The zero-order chi connectivity index (χ0) is 14.5. The number of anilines is 1. The van der Waals surface area contributed by atoms with Crippen molar-refractivity contribution in [3.63, 3.8) is 0 Å². The van der Waals surface area contributed by atoms with E-state index >= 15 is 0 Å². The van der Waals surface area contributed by atoms with Gasteiger partial charge in [0, 0.05) is 11.8 Å². The highest BCUT2D eigenvalue weighted by Gasteiger charge is 2.06. The molecule has 0 aliphatic heterocycles. The van der Waals surface area contributed by atoms with E-state index in [1.54, 1.807) is 37.4 Å². The van der Waals surface area contributed by atoms with Crippen molar-refractivity contribution in [2.75, 3.05) is 12.4 Å². The maximum absolute atomic E-state index is 11.9. The molecular formula is C15H13Cl2NO2. The van der Waals surface area contributed by atoms with Crippen molar-refractivity contribution >= 4 is 34.8 Å². The molecule has 20 heavy (non-hydrogen) atoms. The molecule has 0 atom stereocenters. The van der Waals surface area contributed by atoms with Crippen LogP contribution in [0.1, 0.15) is 5.56 Å². The zero-order valence-corrected chi connectivity index (χ0v) is 12.3. The van der Waals surface area contributed by atoms with Crippen LogP contribution in [0.2, 0.25) is 10.0 Å². The Bertz CT molecular complexity index is 629. The second kappa shape index (κ2) is 6.64. The minimum atomic E-state index is -0.128. The van der Waals surface area contributed by atoms with Crippen molar-refractivity contribution < 1.29 is 9.53 Å². The fraction of sp³-hybridized carbons (Fsp3) is 0.133. The summed E-state index contributed by atoms with van der Waals surface area (Å²) in [7, 11) is 1.58. The third-order valence-electron chi connectivity index (χ3n) is 2.70. The molecule has 0 radical (unpaired) electrons. The number of rotatable bonds is 4. The van der Waals surface area contributed by atoms with E-state index in [4.69, 9.17) is 27.9 Å².